The maximum Gasteiger partial charge on any atom is 0.243 e. The highest BCUT2D eigenvalue weighted by Gasteiger charge is 2.31. The Labute approximate surface area is 228 Å². The number of aryl methyl sites for hydroxylation is 1. The van der Waals surface area contributed by atoms with E-state index < -0.39 is 15.8 Å². The van der Waals surface area contributed by atoms with Crippen molar-refractivity contribution in [2.24, 2.45) is 0 Å². The molecule has 0 amide bonds. The fourth-order valence-corrected chi connectivity index (χ4v) is 7.14. The molecule has 12 heteroatoms. The summed E-state index contributed by atoms with van der Waals surface area (Å²) in [4.78, 5) is 15.9. The molecule has 0 aliphatic carbocycles. The van der Waals surface area contributed by atoms with Crippen LogP contribution in [-0.4, -0.2) is 51.2 Å². The standard InChI is InChI=1S/C27H24F2N6O2S2/c1-17-15-35-25(24(33-27(35)38-17)18-4-6-19(28)7-5-18)23-12-13-30-26(32-23)31-21-3-2-14-34(16-21)39(36,37)22-10-8-20(29)9-11-22/h4-13,15,21H,2-3,14,16H2,1H3,(H,30,31,32)/t21-/m1/s1. The van der Waals surface area contributed by atoms with E-state index in [0.717, 1.165) is 39.6 Å². The molecule has 1 saturated heterocycles. The first-order chi connectivity index (χ1) is 18.8. The van der Waals surface area contributed by atoms with Crippen LogP contribution in [0, 0.1) is 18.6 Å². The number of imidazole rings is 1. The first-order valence-electron chi connectivity index (χ1n) is 12.4. The molecule has 1 atom stereocenters. The Bertz CT molecular complexity index is 1750. The minimum absolute atomic E-state index is 0.0620. The lowest BCUT2D eigenvalue weighted by atomic mass is 10.1. The van der Waals surface area contributed by atoms with E-state index in [-0.39, 0.29) is 23.3 Å². The van der Waals surface area contributed by atoms with Crippen LogP contribution in [0.3, 0.4) is 0 Å². The molecule has 1 aliphatic rings. The number of halogens is 2. The van der Waals surface area contributed by atoms with E-state index in [4.69, 9.17) is 9.97 Å². The number of thiazole rings is 1. The molecule has 0 unspecified atom stereocenters. The van der Waals surface area contributed by atoms with Gasteiger partial charge in [0.2, 0.25) is 16.0 Å². The summed E-state index contributed by atoms with van der Waals surface area (Å²) in [6.45, 7) is 2.61. The maximum absolute atomic E-state index is 13.6. The lowest BCUT2D eigenvalue weighted by Gasteiger charge is -2.32. The van der Waals surface area contributed by atoms with Crippen molar-refractivity contribution in [2.45, 2.75) is 30.7 Å². The minimum atomic E-state index is -3.76. The van der Waals surface area contributed by atoms with Crippen molar-refractivity contribution in [1.29, 1.82) is 0 Å². The monoisotopic (exact) mass is 566 g/mol. The van der Waals surface area contributed by atoms with Gasteiger partial charge in [0.25, 0.3) is 0 Å². The zero-order chi connectivity index (χ0) is 27.1. The van der Waals surface area contributed by atoms with Gasteiger partial charge in [0.1, 0.15) is 17.3 Å². The Hall–Kier alpha value is -3.74. The van der Waals surface area contributed by atoms with Gasteiger partial charge >= 0.3 is 0 Å². The topological polar surface area (TPSA) is 92.5 Å². The molecule has 4 heterocycles. The average molecular weight is 567 g/mol. The highest BCUT2D eigenvalue weighted by atomic mass is 32.2. The summed E-state index contributed by atoms with van der Waals surface area (Å²) < 4.78 is 56.6. The van der Waals surface area contributed by atoms with E-state index in [0.29, 0.717) is 30.3 Å². The van der Waals surface area contributed by atoms with Crippen LogP contribution < -0.4 is 5.32 Å². The van der Waals surface area contributed by atoms with E-state index in [1.807, 2.05) is 17.5 Å². The molecular formula is C27H24F2N6O2S2. The third kappa shape index (κ3) is 5.02. The number of aromatic nitrogens is 4. The molecule has 0 saturated carbocycles. The van der Waals surface area contributed by atoms with E-state index >= 15 is 0 Å². The van der Waals surface area contributed by atoms with Gasteiger partial charge in [-0.25, -0.2) is 32.2 Å². The fourth-order valence-electron chi connectivity index (χ4n) is 4.79. The van der Waals surface area contributed by atoms with Crippen molar-refractivity contribution < 1.29 is 17.2 Å². The second-order valence-electron chi connectivity index (χ2n) is 9.38. The predicted octanol–water partition coefficient (Wildman–Crippen LogP) is 5.37. The average Bonchev–Trinajstić information content (AvgIpc) is 3.45. The first kappa shape index (κ1) is 25.5. The zero-order valence-corrected chi connectivity index (χ0v) is 22.5. The molecule has 0 spiro atoms. The second kappa shape index (κ2) is 10.1. The molecule has 1 N–H and O–H groups in total. The number of piperidine rings is 1. The van der Waals surface area contributed by atoms with Crippen molar-refractivity contribution in [3.05, 3.63) is 83.5 Å². The molecule has 8 nitrogen and oxygen atoms in total. The number of hydrogen-bond acceptors (Lipinski definition) is 7. The van der Waals surface area contributed by atoms with Crippen molar-refractivity contribution in [1.82, 2.24) is 23.7 Å². The van der Waals surface area contributed by atoms with Crippen LogP contribution >= 0.6 is 11.3 Å². The SMILES string of the molecule is Cc1cn2c(-c3ccnc(N[C@@H]4CCCN(S(=O)(=O)c5ccc(F)cc5)C4)n3)c(-c3ccc(F)cc3)nc2s1. The summed E-state index contributed by atoms with van der Waals surface area (Å²) in [5.41, 5.74) is 2.83. The lowest BCUT2D eigenvalue weighted by molar-refractivity contribution is 0.326. The van der Waals surface area contributed by atoms with Gasteiger partial charge in [0.05, 0.1) is 16.3 Å². The van der Waals surface area contributed by atoms with Crippen LogP contribution in [0.25, 0.3) is 27.6 Å². The Morgan fingerprint density at radius 2 is 1.72 bits per heavy atom. The lowest BCUT2D eigenvalue weighted by Crippen LogP contribution is -2.45. The van der Waals surface area contributed by atoms with Gasteiger partial charge in [-0.05, 0) is 74.4 Å². The summed E-state index contributed by atoms with van der Waals surface area (Å²) in [5.74, 6) is -0.445. The molecule has 1 fully saturated rings. The molecule has 0 bridgehead atoms. The van der Waals surface area contributed by atoms with Gasteiger partial charge < -0.3 is 5.32 Å². The highest BCUT2D eigenvalue weighted by molar-refractivity contribution is 7.89. The largest absolute Gasteiger partial charge is 0.350 e. The number of anilines is 1. The molecule has 1 aliphatic heterocycles. The molecular weight excluding hydrogens is 542 g/mol. The summed E-state index contributed by atoms with van der Waals surface area (Å²) in [5, 5.41) is 3.30. The molecule has 39 heavy (non-hydrogen) atoms. The number of rotatable bonds is 6. The summed E-state index contributed by atoms with van der Waals surface area (Å²) in [7, 11) is -3.76. The van der Waals surface area contributed by atoms with Crippen molar-refractivity contribution in [3.63, 3.8) is 0 Å². The van der Waals surface area contributed by atoms with Crippen LogP contribution in [0.1, 0.15) is 17.7 Å². The van der Waals surface area contributed by atoms with E-state index in [9.17, 15) is 17.2 Å². The predicted molar refractivity (Wildman–Crippen MR) is 146 cm³/mol. The van der Waals surface area contributed by atoms with Gasteiger partial charge in [-0.2, -0.15) is 4.31 Å². The van der Waals surface area contributed by atoms with E-state index in [1.165, 1.54) is 28.6 Å². The van der Waals surface area contributed by atoms with Crippen molar-refractivity contribution >= 4 is 32.3 Å². The smallest absolute Gasteiger partial charge is 0.243 e. The van der Waals surface area contributed by atoms with Gasteiger partial charge in [0, 0.05) is 42.0 Å². The summed E-state index contributed by atoms with van der Waals surface area (Å²) >= 11 is 1.55. The minimum Gasteiger partial charge on any atom is -0.350 e. The van der Waals surface area contributed by atoms with Crippen LogP contribution in [-0.2, 0) is 10.0 Å². The van der Waals surface area contributed by atoms with Gasteiger partial charge in [-0.15, -0.1) is 11.3 Å². The van der Waals surface area contributed by atoms with Gasteiger partial charge in [0.15, 0.2) is 4.96 Å². The third-order valence-electron chi connectivity index (χ3n) is 6.63. The van der Waals surface area contributed by atoms with Crippen LogP contribution in [0.5, 0.6) is 0 Å². The molecule has 3 aromatic heterocycles. The summed E-state index contributed by atoms with van der Waals surface area (Å²) in [6.07, 6.45) is 5.03. The fraction of sp³-hybridized carbons (Fsp3) is 0.222. The third-order valence-corrected chi connectivity index (χ3v) is 9.40. The number of sulfonamides is 1. The van der Waals surface area contributed by atoms with Crippen LogP contribution in [0.2, 0.25) is 0 Å². The number of hydrogen-bond donors (Lipinski definition) is 1. The molecule has 2 aromatic carbocycles. The molecule has 5 aromatic rings. The number of benzene rings is 2. The Morgan fingerprint density at radius 3 is 2.46 bits per heavy atom. The maximum atomic E-state index is 13.6. The second-order valence-corrected chi connectivity index (χ2v) is 12.5. The zero-order valence-electron chi connectivity index (χ0n) is 20.9. The van der Waals surface area contributed by atoms with Crippen molar-refractivity contribution in [3.8, 4) is 22.6 Å². The van der Waals surface area contributed by atoms with Gasteiger partial charge in [-0.3, -0.25) is 4.40 Å². The van der Waals surface area contributed by atoms with E-state index in [1.54, 1.807) is 35.7 Å². The Balaban J connectivity index is 1.29. The molecule has 200 valence electrons. The van der Waals surface area contributed by atoms with Crippen molar-refractivity contribution in [2.75, 3.05) is 18.4 Å². The van der Waals surface area contributed by atoms with Crippen LogP contribution in [0.4, 0.5) is 14.7 Å². The molecule has 0 radical (unpaired) electrons. The Morgan fingerprint density at radius 1 is 1.00 bits per heavy atom. The highest BCUT2D eigenvalue weighted by Crippen LogP contribution is 2.35. The first-order valence-corrected chi connectivity index (χ1v) is 14.6. The number of fused-ring (bicyclic) bond motifs is 1. The normalized spacial score (nSPS) is 16.5. The number of nitrogens with zero attached hydrogens (tertiary/aromatic N) is 5. The van der Waals surface area contributed by atoms with E-state index in [2.05, 4.69) is 10.3 Å². The molecule has 6 rings (SSSR count). The van der Waals surface area contributed by atoms with Gasteiger partial charge in [-0.1, -0.05) is 0 Å². The number of nitrogens with one attached hydrogen (secondary N) is 1. The Kier molecular flexibility index (Phi) is 6.61. The summed E-state index contributed by atoms with van der Waals surface area (Å²) in [6, 6.07) is 12.6. The van der Waals surface area contributed by atoms with Crippen LogP contribution in [0.15, 0.2) is 71.9 Å². The quantitative estimate of drug-likeness (QED) is 0.297.